The third kappa shape index (κ3) is 4.24. The zero-order valence-corrected chi connectivity index (χ0v) is 13.2. The number of rotatable bonds is 2. The molecule has 0 unspecified atom stereocenters. The van der Waals surface area contributed by atoms with E-state index < -0.39 is 0 Å². The fourth-order valence-corrected chi connectivity index (χ4v) is 2.29. The third-order valence-corrected chi connectivity index (χ3v) is 3.38. The van der Waals surface area contributed by atoms with E-state index in [0.29, 0.717) is 0 Å². The molecule has 0 aromatic heterocycles. The molecular formula is C19H26. The summed E-state index contributed by atoms with van der Waals surface area (Å²) >= 11 is 0. The molecule has 2 aromatic carbocycles. The van der Waals surface area contributed by atoms with Gasteiger partial charge in [-0.15, -0.1) is 0 Å². The maximum atomic E-state index is 2.26. The van der Waals surface area contributed by atoms with Crippen molar-refractivity contribution in [3.05, 3.63) is 69.8 Å². The fourth-order valence-electron chi connectivity index (χ4n) is 2.29. The van der Waals surface area contributed by atoms with Gasteiger partial charge in [-0.2, -0.15) is 0 Å². The fraction of sp³-hybridized carbons (Fsp3) is 0.368. The van der Waals surface area contributed by atoms with Crippen molar-refractivity contribution in [1.29, 1.82) is 0 Å². The van der Waals surface area contributed by atoms with Crippen LogP contribution in [0.1, 0.15) is 47.2 Å². The van der Waals surface area contributed by atoms with E-state index in [0.717, 1.165) is 6.42 Å². The molecule has 0 fully saturated rings. The Morgan fingerprint density at radius 2 is 1.00 bits per heavy atom. The Kier molecular flexibility index (Phi) is 5.82. The van der Waals surface area contributed by atoms with E-state index in [1.807, 2.05) is 13.8 Å². The van der Waals surface area contributed by atoms with Crippen LogP contribution in [0.5, 0.6) is 0 Å². The topological polar surface area (TPSA) is 0 Å². The highest BCUT2D eigenvalue weighted by Crippen LogP contribution is 2.18. The number of hydrogen-bond donors (Lipinski definition) is 0. The van der Waals surface area contributed by atoms with Crippen LogP contribution >= 0.6 is 0 Å². The van der Waals surface area contributed by atoms with E-state index >= 15 is 0 Å². The SMILES string of the molecule is CC.Cc1ccc(Cc2ccc(C)cc2C)c(C)c1. The first-order chi connectivity index (χ1) is 9.06. The zero-order chi connectivity index (χ0) is 14.4. The lowest BCUT2D eigenvalue weighted by molar-refractivity contribution is 1.12. The summed E-state index contributed by atoms with van der Waals surface area (Å²) in [6.07, 6.45) is 1.04. The van der Waals surface area contributed by atoms with Crippen LogP contribution in [0.25, 0.3) is 0 Å². The van der Waals surface area contributed by atoms with E-state index in [9.17, 15) is 0 Å². The molecule has 0 aliphatic heterocycles. The highest BCUT2D eigenvalue weighted by atomic mass is 14.1. The highest BCUT2D eigenvalue weighted by Gasteiger charge is 2.03. The minimum Gasteiger partial charge on any atom is -0.0683 e. The van der Waals surface area contributed by atoms with Gasteiger partial charge in [-0.3, -0.25) is 0 Å². The highest BCUT2D eigenvalue weighted by molar-refractivity contribution is 5.38. The second-order valence-corrected chi connectivity index (χ2v) is 5.04. The molecule has 0 heterocycles. The number of aryl methyl sites for hydroxylation is 4. The summed E-state index contributed by atoms with van der Waals surface area (Å²) in [5.74, 6) is 0. The van der Waals surface area contributed by atoms with Gasteiger partial charge < -0.3 is 0 Å². The van der Waals surface area contributed by atoms with Gasteiger partial charge in [-0.05, 0) is 56.4 Å². The molecule has 102 valence electrons. The van der Waals surface area contributed by atoms with Crippen LogP contribution in [-0.4, -0.2) is 0 Å². The van der Waals surface area contributed by atoms with Crippen molar-refractivity contribution in [2.24, 2.45) is 0 Å². The van der Waals surface area contributed by atoms with Gasteiger partial charge in [0.15, 0.2) is 0 Å². The van der Waals surface area contributed by atoms with E-state index in [-0.39, 0.29) is 0 Å². The standard InChI is InChI=1S/C17H20.C2H6/c1-12-5-7-16(14(3)9-12)11-17-8-6-13(2)10-15(17)4;1-2/h5-10H,11H2,1-4H3;1-2H3. The Bertz CT molecular complexity index is 486. The van der Waals surface area contributed by atoms with Crippen LogP contribution in [0.4, 0.5) is 0 Å². The van der Waals surface area contributed by atoms with Crippen LogP contribution in [0.2, 0.25) is 0 Å². The minimum atomic E-state index is 1.04. The molecule has 2 aromatic rings. The van der Waals surface area contributed by atoms with E-state index in [1.54, 1.807) is 0 Å². The molecule has 0 heteroatoms. The molecule has 0 saturated carbocycles. The lowest BCUT2D eigenvalue weighted by Crippen LogP contribution is -1.95. The van der Waals surface area contributed by atoms with Gasteiger partial charge in [0, 0.05) is 0 Å². The second-order valence-electron chi connectivity index (χ2n) is 5.04. The van der Waals surface area contributed by atoms with Gasteiger partial charge in [-0.25, -0.2) is 0 Å². The van der Waals surface area contributed by atoms with Crippen LogP contribution in [-0.2, 0) is 6.42 Å². The third-order valence-electron chi connectivity index (χ3n) is 3.38. The van der Waals surface area contributed by atoms with E-state index in [1.165, 1.54) is 33.4 Å². The summed E-state index contributed by atoms with van der Waals surface area (Å²) in [6.45, 7) is 12.7. The monoisotopic (exact) mass is 254 g/mol. The largest absolute Gasteiger partial charge is 0.0683 e. The van der Waals surface area contributed by atoms with E-state index in [2.05, 4.69) is 64.1 Å². The van der Waals surface area contributed by atoms with Crippen molar-refractivity contribution in [2.45, 2.75) is 48.0 Å². The smallest absolute Gasteiger partial charge is 0.00205 e. The van der Waals surface area contributed by atoms with Crippen LogP contribution < -0.4 is 0 Å². The summed E-state index contributed by atoms with van der Waals surface area (Å²) in [5, 5.41) is 0. The minimum absolute atomic E-state index is 1.04. The van der Waals surface area contributed by atoms with Gasteiger partial charge in [-0.1, -0.05) is 61.4 Å². The van der Waals surface area contributed by atoms with Crippen molar-refractivity contribution in [1.82, 2.24) is 0 Å². The molecular weight excluding hydrogens is 228 g/mol. The van der Waals surface area contributed by atoms with Gasteiger partial charge in [0.25, 0.3) is 0 Å². The molecule has 0 aliphatic carbocycles. The molecule has 2 rings (SSSR count). The predicted molar refractivity (Wildman–Crippen MR) is 86.0 cm³/mol. The average molecular weight is 254 g/mol. The lowest BCUT2D eigenvalue weighted by Gasteiger charge is -2.10. The molecule has 0 bridgehead atoms. The maximum Gasteiger partial charge on any atom is -0.00205 e. The summed E-state index contributed by atoms with van der Waals surface area (Å²) in [7, 11) is 0. The summed E-state index contributed by atoms with van der Waals surface area (Å²) in [6, 6.07) is 13.4. The van der Waals surface area contributed by atoms with Crippen LogP contribution in [0.15, 0.2) is 36.4 Å². The summed E-state index contributed by atoms with van der Waals surface area (Å²) in [4.78, 5) is 0. The van der Waals surface area contributed by atoms with Crippen molar-refractivity contribution in [2.75, 3.05) is 0 Å². The molecule has 0 aliphatic rings. The molecule has 0 spiro atoms. The first kappa shape index (κ1) is 15.5. The van der Waals surface area contributed by atoms with Crippen LogP contribution in [0.3, 0.4) is 0 Å². The molecule has 0 amide bonds. The maximum absolute atomic E-state index is 2.26. The van der Waals surface area contributed by atoms with Crippen LogP contribution in [0, 0.1) is 27.7 Å². The molecule has 0 radical (unpaired) electrons. The van der Waals surface area contributed by atoms with E-state index in [4.69, 9.17) is 0 Å². The molecule has 19 heavy (non-hydrogen) atoms. The van der Waals surface area contributed by atoms with Crippen molar-refractivity contribution in [3.63, 3.8) is 0 Å². The average Bonchev–Trinajstić information content (AvgIpc) is 2.38. The molecule has 0 atom stereocenters. The number of benzene rings is 2. The first-order valence-corrected chi connectivity index (χ1v) is 7.18. The quantitative estimate of drug-likeness (QED) is 0.660. The Morgan fingerprint density at radius 1 is 0.632 bits per heavy atom. The van der Waals surface area contributed by atoms with Crippen molar-refractivity contribution >= 4 is 0 Å². The zero-order valence-electron chi connectivity index (χ0n) is 13.2. The van der Waals surface area contributed by atoms with Gasteiger partial charge in [0.1, 0.15) is 0 Å². The Hall–Kier alpha value is -1.56. The number of hydrogen-bond acceptors (Lipinski definition) is 0. The molecule has 0 N–H and O–H groups in total. The summed E-state index contributed by atoms with van der Waals surface area (Å²) in [5.41, 5.74) is 8.33. The van der Waals surface area contributed by atoms with Gasteiger partial charge in [0.05, 0.1) is 0 Å². The Morgan fingerprint density at radius 3 is 1.32 bits per heavy atom. The van der Waals surface area contributed by atoms with Gasteiger partial charge >= 0.3 is 0 Å². The predicted octanol–water partition coefficient (Wildman–Crippen LogP) is 5.54. The molecule has 0 nitrogen and oxygen atoms in total. The summed E-state index contributed by atoms with van der Waals surface area (Å²) < 4.78 is 0. The first-order valence-electron chi connectivity index (χ1n) is 7.18. The van der Waals surface area contributed by atoms with Crippen molar-refractivity contribution in [3.8, 4) is 0 Å². The van der Waals surface area contributed by atoms with Crippen molar-refractivity contribution < 1.29 is 0 Å². The Balaban J connectivity index is 0.000000861. The van der Waals surface area contributed by atoms with Gasteiger partial charge in [0.2, 0.25) is 0 Å². The molecule has 0 saturated heterocycles. The Labute approximate surface area is 118 Å². The lowest BCUT2D eigenvalue weighted by atomic mass is 9.95. The second kappa shape index (κ2) is 7.13. The normalized spacial score (nSPS) is 9.79.